The molecule has 6 nitrogen and oxygen atoms in total. The van der Waals surface area contributed by atoms with Gasteiger partial charge in [-0.3, -0.25) is 5.10 Å². The van der Waals surface area contributed by atoms with Crippen LogP contribution in [0.1, 0.15) is 5.82 Å². The molecule has 3 rings (SSSR count). The molecule has 3 aromatic rings. The van der Waals surface area contributed by atoms with E-state index in [0.29, 0.717) is 11.6 Å². The highest BCUT2D eigenvalue weighted by atomic mass is 35.5. The summed E-state index contributed by atoms with van der Waals surface area (Å²) in [4.78, 5) is 4.99. The molecular weight excluding hydrogens is 379 g/mol. The lowest BCUT2D eigenvalue weighted by Gasteiger charge is -2.08. The quantitative estimate of drug-likeness (QED) is 0.701. The van der Waals surface area contributed by atoms with E-state index in [0.717, 1.165) is 4.88 Å². The van der Waals surface area contributed by atoms with Gasteiger partial charge in [-0.1, -0.05) is 35.3 Å². The number of nitrogens with one attached hydrogen (secondary N) is 2. The van der Waals surface area contributed by atoms with Crippen molar-refractivity contribution in [2.24, 2.45) is 0 Å². The highest BCUT2D eigenvalue weighted by molar-refractivity contribution is 7.89. The Labute approximate surface area is 146 Å². The Balaban J connectivity index is 1.78. The Kier molecular flexibility index (Phi) is 4.69. The molecule has 1 aromatic carbocycles. The van der Waals surface area contributed by atoms with Crippen molar-refractivity contribution < 1.29 is 8.42 Å². The number of thiophene rings is 1. The Morgan fingerprint density at radius 3 is 2.57 bits per heavy atom. The molecule has 120 valence electrons. The molecule has 0 aliphatic carbocycles. The highest BCUT2D eigenvalue weighted by Gasteiger charge is 2.21. The number of hydrogen-bond acceptors (Lipinski definition) is 5. The number of aromatic amines is 1. The molecule has 0 spiro atoms. The van der Waals surface area contributed by atoms with Crippen LogP contribution in [-0.2, 0) is 16.6 Å². The maximum absolute atomic E-state index is 12.3. The lowest BCUT2D eigenvalue weighted by atomic mass is 10.4. The van der Waals surface area contributed by atoms with Gasteiger partial charge < -0.3 is 0 Å². The average molecular weight is 389 g/mol. The van der Waals surface area contributed by atoms with E-state index in [2.05, 4.69) is 19.9 Å². The second-order valence-corrected chi connectivity index (χ2v) is 7.92. The van der Waals surface area contributed by atoms with E-state index in [9.17, 15) is 8.42 Å². The lowest BCUT2D eigenvalue weighted by molar-refractivity contribution is 0.579. The predicted octanol–water partition coefficient (Wildman–Crippen LogP) is 3.32. The van der Waals surface area contributed by atoms with Gasteiger partial charge in [-0.2, -0.15) is 5.10 Å². The summed E-state index contributed by atoms with van der Waals surface area (Å²) in [7, 11) is -3.86. The molecule has 0 unspecified atom stereocenters. The number of sulfonamides is 1. The maximum atomic E-state index is 12.3. The smallest absolute Gasteiger partial charge is 0.243 e. The molecule has 0 atom stereocenters. The molecule has 2 heterocycles. The first-order chi connectivity index (χ1) is 11.0. The minimum atomic E-state index is -3.86. The van der Waals surface area contributed by atoms with Crippen molar-refractivity contribution in [3.63, 3.8) is 0 Å². The number of hydrogen-bond donors (Lipinski definition) is 2. The maximum Gasteiger partial charge on any atom is 0.243 e. The topological polar surface area (TPSA) is 87.7 Å². The fraction of sp³-hybridized carbons (Fsp3) is 0.0769. The monoisotopic (exact) mass is 388 g/mol. The van der Waals surface area contributed by atoms with Gasteiger partial charge in [-0.25, -0.2) is 18.1 Å². The van der Waals surface area contributed by atoms with Crippen LogP contribution in [0, 0.1) is 0 Å². The number of rotatable bonds is 5. The van der Waals surface area contributed by atoms with Crippen molar-refractivity contribution in [1.29, 1.82) is 0 Å². The highest BCUT2D eigenvalue weighted by Crippen LogP contribution is 2.28. The van der Waals surface area contributed by atoms with Crippen molar-refractivity contribution in [2.75, 3.05) is 0 Å². The third-order valence-electron chi connectivity index (χ3n) is 2.89. The summed E-state index contributed by atoms with van der Waals surface area (Å²) < 4.78 is 27.1. The Hall–Kier alpha value is -1.45. The van der Waals surface area contributed by atoms with Crippen LogP contribution in [0.4, 0.5) is 0 Å². The van der Waals surface area contributed by atoms with Crippen LogP contribution in [0.15, 0.2) is 40.6 Å². The van der Waals surface area contributed by atoms with Gasteiger partial charge in [0.25, 0.3) is 0 Å². The molecule has 0 aliphatic heterocycles. The summed E-state index contributed by atoms with van der Waals surface area (Å²) in [6, 6.07) is 8.27. The van der Waals surface area contributed by atoms with Crippen LogP contribution in [0.25, 0.3) is 10.7 Å². The molecule has 10 heteroatoms. The molecule has 2 aromatic heterocycles. The fourth-order valence-corrected chi connectivity index (χ4v) is 4.65. The fourth-order valence-electron chi connectivity index (χ4n) is 1.87. The van der Waals surface area contributed by atoms with Gasteiger partial charge in [0.2, 0.25) is 10.0 Å². The average Bonchev–Trinajstić information content (AvgIpc) is 3.16. The minimum absolute atomic E-state index is 0.0533. The van der Waals surface area contributed by atoms with E-state index in [1.807, 2.05) is 17.5 Å². The summed E-state index contributed by atoms with van der Waals surface area (Å²) in [6.07, 6.45) is 0. The summed E-state index contributed by atoms with van der Waals surface area (Å²) in [5, 5.41) is 8.78. The SMILES string of the molecule is O=S(=O)(NCc1nc(-c2cccs2)n[nH]1)c1c(Cl)cccc1Cl. The van der Waals surface area contributed by atoms with E-state index < -0.39 is 10.0 Å². The van der Waals surface area contributed by atoms with Crippen molar-refractivity contribution >= 4 is 44.6 Å². The molecule has 0 saturated heterocycles. The Bertz CT molecular complexity index is 903. The standard InChI is InChI=1S/C13H10Cl2N4O2S2/c14-8-3-1-4-9(15)12(8)23(20,21)16-7-11-17-13(19-18-11)10-5-2-6-22-10/h1-6,16H,7H2,(H,17,18,19). The third-order valence-corrected chi connectivity index (χ3v) is 6.11. The zero-order valence-corrected chi connectivity index (χ0v) is 14.6. The van der Waals surface area contributed by atoms with Gasteiger partial charge in [-0.05, 0) is 23.6 Å². The molecule has 0 amide bonds. The van der Waals surface area contributed by atoms with Crippen molar-refractivity contribution in [3.8, 4) is 10.7 Å². The van der Waals surface area contributed by atoms with Crippen LogP contribution in [0.2, 0.25) is 10.0 Å². The summed E-state index contributed by atoms with van der Waals surface area (Å²) >= 11 is 13.4. The minimum Gasteiger partial charge on any atom is -0.262 e. The molecule has 0 radical (unpaired) electrons. The zero-order chi connectivity index (χ0) is 16.4. The Morgan fingerprint density at radius 1 is 1.17 bits per heavy atom. The zero-order valence-electron chi connectivity index (χ0n) is 11.5. The number of nitrogens with zero attached hydrogens (tertiary/aromatic N) is 2. The molecule has 0 fully saturated rings. The number of aromatic nitrogens is 3. The molecule has 0 aliphatic rings. The van der Waals surface area contributed by atoms with Crippen LogP contribution >= 0.6 is 34.5 Å². The van der Waals surface area contributed by atoms with Crippen LogP contribution in [0.3, 0.4) is 0 Å². The first-order valence-electron chi connectivity index (χ1n) is 6.36. The van der Waals surface area contributed by atoms with Gasteiger partial charge in [0.15, 0.2) is 5.82 Å². The van der Waals surface area contributed by atoms with Crippen LogP contribution in [0.5, 0.6) is 0 Å². The van der Waals surface area contributed by atoms with Gasteiger partial charge in [0.1, 0.15) is 10.7 Å². The second kappa shape index (κ2) is 6.58. The van der Waals surface area contributed by atoms with Gasteiger partial charge in [-0.15, -0.1) is 11.3 Å². The third kappa shape index (κ3) is 3.56. The summed E-state index contributed by atoms with van der Waals surface area (Å²) in [5.74, 6) is 0.908. The molecule has 0 saturated carbocycles. The van der Waals surface area contributed by atoms with E-state index >= 15 is 0 Å². The number of benzene rings is 1. The lowest BCUT2D eigenvalue weighted by Crippen LogP contribution is -2.24. The van der Waals surface area contributed by atoms with E-state index in [1.54, 1.807) is 6.07 Å². The summed E-state index contributed by atoms with van der Waals surface area (Å²) in [5.41, 5.74) is 0. The van der Waals surface area contributed by atoms with Crippen molar-refractivity contribution in [1.82, 2.24) is 19.9 Å². The van der Waals surface area contributed by atoms with Gasteiger partial charge in [0.05, 0.1) is 21.5 Å². The van der Waals surface area contributed by atoms with Gasteiger partial charge in [0, 0.05) is 0 Å². The van der Waals surface area contributed by atoms with E-state index in [4.69, 9.17) is 23.2 Å². The number of halogens is 2. The van der Waals surface area contributed by atoms with Crippen molar-refractivity contribution in [3.05, 3.63) is 51.6 Å². The molecule has 2 N–H and O–H groups in total. The normalized spacial score (nSPS) is 11.7. The first-order valence-corrected chi connectivity index (χ1v) is 9.48. The predicted molar refractivity (Wildman–Crippen MR) is 90.2 cm³/mol. The second-order valence-electron chi connectivity index (χ2n) is 4.46. The van der Waals surface area contributed by atoms with E-state index in [1.165, 1.54) is 23.5 Å². The molecule has 0 bridgehead atoms. The molecule has 23 heavy (non-hydrogen) atoms. The first kappa shape index (κ1) is 16.4. The van der Waals surface area contributed by atoms with Crippen molar-refractivity contribution in [2.45, 2.75) is 11.4 Å². The Morgan fingerprint density at radius 2 is 1.91 bits per heavy atom. The van der Waals surface area contributed by atoms with Crippen LogP contribution < -0.4 is 4.72 Å². The summed E-state index contributed by atoms with van der Waals surface area (Å²) in [6.45, 7) is -0.0533. The largest absolute Gasteiger partial charge is 0.262 e. The number of H-pyrrole nitrogens is 1. The van der Waals surface area contributed by atoms with Crippen LogP contribution in [-0.4, -0.2) is 23.6 Å². The van der Waals surface area contributed by atoms with Gasteiger partial charge >= 0.3 is 0 Å². The molecular formula is C13H10Cl2N4O2S2. The van der Waals surface area contributed by atoms with E-state index in [-0.39, 0.29) is 21.5 Å².